The Labute approximate surface area is 92.4 Å². The van der Waals surface area contributed by atoms with Crippen LogP contribution in [0, 0.1) is 0 Å². The fourth-order valence-electron chi connectivity index (χ4n) is 1.31. The fraction of sp³-hybridized carbons (Fsp3) is 0.571. The smallest absolute Gasteiger partial charge is 0.259 e. The van der Waals surface area contributed by atoms with Crippen LogP contribution in [-0.4, -0.2) is 30.3 Å². The monoisotopic (exact) mass is 250 g/mol. The minimum atomic E-state index is -3.61. The van der Waals surface area contributed by atoms with Gasteiger partial charge in [0.15, 0.2) is 5.03 Å². The minimum absolute atomic E-state index is 0.0248. The minimum Gasteiger partial charge on any atom is -0.326 e. The number of aromatic nitrogens is 2. The summed E-state index contributed by atoms with van der Waals surface area (Å²) >= 11 is 5.74. The number of nitrogens with one attached hydrogen (secondary N) is 1. The van der Waals surface area contributed by atoms with Crippen LogP contribution in [0.2, 0.25) is 5.02 Å². The largest absolute Gasteiger partial charge is 0.326 e. The predicted octanol–water partition coefficient (Wildman–Crippen LogP) is -0.549. The Bertz CT molecular complexity index is 464. The van der Waals surface area contributed by atoms with Gasteiger partial charge >= 0.3 is 0 Å². The van der Waals surface area contributed by atoms with Gasteiger partial charge in [-0.15, -0.1) is 0 Å². The van der Waals surface area contributed by atoms with E-state index in [-0.39, 0.29) is 22.1 Å². The average molecular weight is 251 g/mol. The van der Waals surface area contributed by atoms with Crippen LogP contribution in [0.1, 0.15) is 6.42 Å². The van der Waals surface area contributed by atoms with Crippen molar-refractivity contribution >= 4 is 21.6 Å². The van der Waals surface area contributed by atoms with Crippen LogP contribution in [-0.2, 0) is 17.1 Å². The van der Waals surface area contributed by atoms with Gasteiger partial charge in [0.05, 0.1) is 11.2 Å². The second kappa shape index (κ2) is 3.44. The zero-order valence-corrected chi connectivity index (χ0v) is 9.59. The second-order valence-corrected chi connectivity index (χ2v) is 5.59. The maximum Gasteiger partial charge on any atom is 0.259 e. The van der Waals surface area contributed by atoms with Crippen molar-refractivity contribution < 1.29 is 8.42 Å². The molecule has 1 saturated carbocycles. The summed E-state index contributed by atoms with van der Waals surface area (Å²) in [5.74, 6) is 0. The highest BCUT2D eigenvalue weighted by atomic mass is 35.5. The third-order valence-electron chi connectivity index (χ3n) is 2.24. The van der Waals surface area contributed by atoms with E-state index in [9.17, 15) is 8.42 Å². The van der Waals surface area contributed by atoms with E-state index in [1.807, 2.05) is 0 Å². The summed E-state index contributed by atoms with van der Waals surface area (Å²) in [7, 11) is -2.09. The van der Waals surface area contributed by atoms with Crippen LogP contribution < -0.4 is 10.5 Å². The van der Waals surface area contributed by atoms with Gasteiger partial charge in [-0.1, -0.05) is 11.6 Å². The van der Waals surface area contributed by atoms with E-state index in [4.69, 9.17) is 17.3 Å². The number of nitrogens with zero attached hydrogens (tertiary/aromatic N) is 2. The Morgan fingerprint density at radius 1 is 1.73 bits per heavy atom. The van der Waals surface area contributed by atoms with Gasteiger partial charge in [0, 0.05) is 19.1 Å². The average Bonchev–Trinajstić information content (AvgIpc) is 2.63. The molecule has 15 heavy (non-hydrogen) atoms. The van der Waals surface area contributed by atoms with Crippen molar-refractivity contribution in [2.75, 3.05) is 0 Å². The third-order valence-corrected chi connectivity index (χ3v) is 4.24. The molecule has 8 heteroatoms. The molecule has 0 aliphatic heterocycles. The topological polar surface area (TPSA) is 90.0 Å². The highest BCUT2D eigenvalue weighted by molar-refractivity contribution is 7.89. The molecule has 0 bridgehead atoms. The normalized spacial score (nSPS) is 25.5. The summed E-state index contributed by atoms with van der Waals surface area (Å²) in [6.45, 7) is 0. The van der Waals surface area contributed by atoms with Crippen molar-refractivity contribution in [3.05, 3.63) is 11.2 Å². The zero-order chi connectivity index (χ0) is 11.2. The summed E-state index contributed by atoms with van der Waals surface area (Å²) < 4.78 is 27.3. The lowest BCUT2D eigenvalue weighted by molar-refractivity contribution is 0.561. The Morgan fingerprint density at radius 2 is 2.33 bits per heavy atom. The molecule has 0 amide bonds. The van der Waals surface area contributed by atoms with Crippen LogP contribution in [0.25, 0.3) is 0 Å². The first kappa shape index (κ1) is 10.9. The van der Waals surface area contributed by atoms with Gasteiger partial charge in [0.2, 0.25) is 0 Å². The summed E-state index contributed by atoms with van der Waals surface area (Å²) in [6, 6.07) is -0.271. The molecule has 1 aromatic rings. The molecule has 2 atom stereocenters. The van der Waals surface area contributed by atoms with Gasteiger partial charge in [-0.25, -0.2) is 13.1 Å². The fourth-order valence-corrected chi connectivity index (χ4v) is 3.26. The first-order valence-electron chi connectivity index (χ1n) is 4.37. The third kappa shape index (κ3) is 2.00. The van der Waals surface area contributed by atoms with E-state index in [0.29, 0.717) is 6.42 Å². The first-order chi connectivity index (χ1) is 6.92. The molecule has 2 rings (SSSR count). The number of sulfonamides is 1. The molecule has 84 valence electrons. The predicted molar refractivity (Wildman–Crippen MR) is 54.9 cm³/mol. The molecule has 0 saturated heterocycles. The van der Waals surface area contributed by atoms with Crippen molar-refractivity contribution in [3.63, 3.8) is 0 Å². The van der Waals surface area contributed by atoms with Crippen molar-refractivity contribution in [2.24, 2.45) is 12.8 Å². The molecule has 1 aliphatic rings. The highest BCUT2D eigenvalue weighted by Crippen LogP contribution is 2.24. The van der Waals surface area contributed by atoms with Crippen LogP contribution in [0.4, 0.5) is 0 Å². The van der Waals surface area contributed by atoms with E-state index in [0.717, 1.165) is 0 Å². The molecule has 0 spiro atoms. The molecule has 2 unspecified atom stereocenters. The van der Waals surface area contributed by atoms with Gasteiger partial charge in [0.25, 0.3) is 10.0 Å². The zero-order valence-electron chi connectivity index (χ0n) is 8.01. The lowest BCUT2D eigenvalue weighted by atomic mass is 10.7. The number of nitrogens with two attached hydrogens (primary N) is 1. The second-order valence-electron chi connectivity index (χ2n) is 3.55. The van der Waals surface area contributed by atoms with Crippen LogP contribution in [0.5, 0.6) is 0 Å². The number of hydrogen-bond donors (Lipinski definition) is 2. The Morgan fingerprint density at radius 3 is 2.73 bits per heavy atom. The Kier molecular flexibility index (Phi) is 2.50. The molecule has 1 heterocycles. The number of hydrogen-bond acceptors (Lipinski definition) is 4. The van der Waals surface area contributed by atoms with Crippen LogP contribution >= 0.6 is 11.6 Å². The van der Waals surface area contributed by atoms with Gasteiger partial charge in [-0.2, -0.15) is 5.10 Å². The SMILES string of the molecule is Cn1ncc(Cl)c1S(=O)(=O)NC1CC1N. The molecule has 1 aliphatic carbocycles. The quantitative estimate of drug-likeness (QED) is 0.753. The van der Waals surface area contributed by atoms with Gasteiger partial charge < -0.3 is 5.73 Å². The Balaban J connectivity index is 2.29. The van der Waals surface area contributed by atoms with Gasteiger partial charge in [0.1, 0.15) is 0 Å². The molecular weight excluding hydrogens is 240 g/mol. The van der Waals surface area contributed by atoms with Crippen molar-refractivity contribution in [2.45, 2.75) is 23.5 Å². The van der Waals surface area contributed by atoms with Crippen molar-refractivity contribution in [3.8, 4) is 0 Å². The Hall–Kier alpha value is -0.630. The highest BCUT2D eigenvalue weighted by Gasteiger charge is 2.38. The molecule has 1 aromatic heterocycles. The summed E-state index contributed by atoms with van der Waals surface area (Å²) in [4.78, 5) is 0. The first-order valence-corrected chi connectivity index (χ1v) is 6.23. The molecular formula is C7H11ClN4O2S. The molecule has 6 nitrogen and oxygen atoms in total. The molecule has 3 N–H and O–H groups in total. The van der Waals surface area contributed by atoms with Crippen LogP contribution in [0.15, 0.2) is 11.2 Å². The van der Waals surface area contributed by atoms with E-state index < -0.39 is 10.0 Å². The summed E-state index contributed by atoms with van der Waals surface area (Å²) in [5, 5.41) is 3.85. The van der Waals surface area contributed by atoms with E-state index in [1.54, 1.807) is 0 Å². The number of rotatable bonds is 3. The van der Waals surface area contributed by atoms with E-state index in [1.165, 1.54) is 17.9 Å². The maximum absolute atomic E-state index is 11.8. The lowest BCUT2D eigenvalue weighted by Crippen LogP contribution is -2.31. The van der Waals surface area contributed by atoms with Crippen LogP contribution in [0.3, 0.4) is 0 Å². The molecule has 1 fully saturated rings. The maximum atomic E-state index is 11.8. The number of halogens is 1. The van der Waals surface area contributed by atoms with Gasteiger partial charge in [-0.3, -0.25) is 4.68 Å². The lowest BCUT2D eigenvalue weighted by Gasteiger charge is -2.06. The molecule has 0 aromatic carbocycles. The summed E-state index contributed by atoms with van der Waals surface area (Å²) in [6.07, 6.45) is 1.96. The van der Waals surface area contributed by atoms with Crippen molar-refractivity contribution in [1.29, 1.82) is 0 Å². The standard InChI is InChI=1S/C7H11ClN4O2S/c1-12-7(4(8)3-10-12)15(13,14)11-6-2-5(6)9/h3,5-6,11H,2,9H2,1H3. The number of aryl methyl sites for hydroxylation is 1. The van der Waals surface area contributed by atoms with Gasteiger partial charge in [-0.05, 0) is 6.42 Å². The van der Waals surface area contributed by atoms with E-state index >= 15 is 0 Å². The van der Waals surface area contributed by atoms with Crippen molar-refractivity contribution in [1.82, 2.24) is 14.5 Å². The summed E-state index contributed by atoms with van der Waals surface area (Å²) in [5.41, 5.74) is 5.52. The van der Waals surface area contributed by atoms with E-state index in [2.05, 4.69) is 9.82 Å². The molecule has 0 radical (unpaired) electrons.